The summed E-state index contributed by atoms with van der Waals surface area (Å²) in [5.74, 6) is 1.12. The molecular weight excluding hydrogens is 495 g/mol. The molecular formula is C25H24Cl2N2O4S. The summed E-state index contributed by atoms with van der Waals surface area (Å²) in [4.78, 5) is 14.9. The van der Waals surface area contributed by atoms with Crippen LogP contribution in [0.1, 0.15) is 30.1 Å². The summed E-state index contributed by atoms with van der Waals surface area (Å²) in [6.07, 6.45) is 1.93. The van der Waals surface area contributed by atoms with E-state index in [2.05, 4.69) is 11.6 Å². The number of rotatable bonds is 7. The van der Waals surface area contributed by atoms with Gasteiger partial charge in [-0.1, -0.05) is 48.7 Å². The summed E-state index contributed by atoms with van der Waals surface area (Å²) in [5.41, 5.74) is 0.414. The Balaban J connectivity index is 1.54. The van der Waals surface area contributed by atoms with E-state index in [1.54, 1.807) is 47.4 Å². The summed E-state index contributed by atoms with van der Waals surface area (Å²) in [7, 11) is -3.96. The number of halogens is 2. The van der Waals surface area contributed by atoms with E-state index >= 15 is 0 Å². The van der Waals surface area contributed by atoms with Crippen LogP contribution < -0.4 is 9.46 Å². The van der Waals surface area contributed by atoms with Crippen LogP contribution in [0.3, 0.4) is 0 Å². The van der Waals surface area contributed by atoms with Crippen molar-refractivity contribution in [3.8, 4) is 11.5 Å². The zero-order chi connectivity index (χ0) is 24.3. The fourth-order valence-corrected chi connectivity index (χ4v) is 5.27. The first-order valence-electron chi connectivity index (χ1n) is 10.9. The van der Waals surface area contributed by atoms with Crippen molar-refractivity contribution in [2.24, 2.45) is 5.92 Å². The predicted molar refractivity (Wildman–Crippen MR) is 135 cm³/mol. The second-order valence-electron chi connectivity index (χ2n) is 8.11. The third kappa shape index (κ3) is 5.49. The molecule has 1 heterocycles. The number of sulfonamides is 1. The molecule has 0 radical (unpaired) electrons. The van der Waals surface area contributed by atoms with Gasteiger partial charge in [0.05, 0.1) is 21.2 Å². The van der Waals surface area contributed by atoms with E-state index in [1.165, 1.54) is 24.3 Å². The highest BCUT2D eigenvalue weighted by atomic mass is 35.5. The molecule has 0 aromatic heterocycles. The average Bonchev–Trinajstić information content (AvgIpc) is 3.31. The molecule has 0 aliphatic carbocycles. The number of para-hydroxylation sites is 1. The van der Waals surface area contributed by atoms with Crippen molar-refractivity contribution in [3.05, 3.63) is 82.3 Å². The number of nitrogens with zero attached hydrogens (tertiary/aromatic N) is 1. The van der Waals surface area contributed by atoms with Gasteiger partial charge in [0.2, 0.25) is 0 Å². The molecule has 4 rings (SSSR count). The van der Waals surface area contributed by atoms with Gasteiger partial charge in [-0.2, -0.15) is 0 Å². The monoisotopic (exact) mass is 518 g/mol. The molecule has 0 unspecified atom stereocenters. The van der Waals surface area contributed by atoms with Crippen molar-refractivity contribution in [1.82, 2.24) is 4.90 Å². The van der Waals surface area contributed by atoms with Crippen molar-refractivity contribution in [3.63, 3.8) is 0 Å². The van der Waals surface area contributed by atoms with E-state index in [4.69, 9.17) is 27.9 Å². The Kier molecular flexibility index (Phi) is 7.36. The van der Waals surface area contributed by atoms with Crippen LogP contribution in [0.25, 0.3) is 0 Å². The minimum Gasteiger partial charge on any atom is -0.456 e. The first-order valence-corrected chi connectivity index (χ1v) is 13.1. The molecule has 3 aromatic rings. The lowest BCUT2D eigenvalue weighted by Crippen LogP contribution is -2.29. The third-order valence-corrected chi connectivity index (χ3v) is 7.73. The molecule has 6 nitrogen and oxygen atoms in total. The van der Waals surface area contributed by atoms with E-state index in [1.807, 2.05) is 0 Å². The molecule has 1 aliphatic heterocycles. The number of carbonyl (C=O) groups excluding carboxylic acids is 1. The maximum Gasteiger partial charge on any atom is 0.261 e. The van der Waals surface area contributed by atoms with Gasteiger partial charge in [-0.05, 0) is 66.9 Å². The highest BCUT2D eigenvalue weighted by Gasteiger charge is 2.28. The highest BCUT2D eigenvalue weighted by Crippen LogP contribution is 2.31. The molecule has 34 heavy (non-hydrogen) atoms. The number of carbonyl (C=O) groups is 1. The van der Waals surface area contributed by atoms with Crippen LogP contribution in [0.2, 0.25) is 10.0 Å². The standard InChI is InChI=1S/C25H24Cl2N2O4S/c1-2-17-13-14-29(16-17)25(30)21-15-18(26)7-12-23(21)28-34(31,32)20-10-8-19(9-11-20)33-24-6-4-3-5-22(24)27/h3-12,15,17,28H,2,13-14,16H2,1H3/t17-/m0/s1. The second kappa shape index (κ2) is 10.3. The first-order chi connectivity index (χ1) is 16.3. The number of hydrogen-bond donors (Lipinski definition) is 1. The predicted octanol–water partition coefficient (Wildman–Crippen LogP) is 6.46. The normalized spacial score (nSPS) is 15.9. The van der Waals surface area contributed by atoms with Crippen LogP contribution in [0, 0.1) is 5.92 Å². The maximum atomic E-state index is 13.2. The maximum absolute atomic E-state index is 13.2. The van der Waals surface area contributed by atoms with Gasteiger partial charge in [0.15, 0.2) is 0 Å². The van der Waals surface area contributed by atoms with Crippen molar-refractivity contribution in [1.29, 1.82) is 0 Å². The quantitative estimate of drug-likeness (QED) is 0.389. The van der Waals surface area contributed by atoms with Crippen molar-refractivity contribution in [2.45, 2.75) is 24.7 Å². The molecule has 178 valence electrons. The first kappa shape index (κ1) is 24.4. The summed E-state index contributed by atoms with van der Waals surface area (Å²) in [6, 6.07) is 17.5. The zero-order valence-electron chi connectivity index (χ0n) is 18.5. The Morgan fingerprint density at radius 2 is 1.82 bits per heavy atom. The van der Waals surface area contributed by atoms with E-state index in [9.17, 15) is 13.2 Å². The second-order valence-corrected chi connectivity index (χ2v) is 10.6. The van der Waals surface area contributed by atoms with E-state index in [0.29, 0.717) is 40.6 Å². The Morgan fingerprint density at radius 1 is 1.09 bits per heavy atom. The van der Waals surface area contributed by atoms with Gasteiger partial charge < -0.3 is 9.64 Å². The molecule has 1 atom stereocenters. The molecule has 1 saturated heterocycles. The average molecular weight is 519 g/mol. The summed E-state index contributed by atoms with van der Waals surface area (Å²) < 4.78 is 34.4. The van der Waals surface area contributed by atoms with Gasteiger partial charge in [-0.3, -0.25) is 9.52 Å². The lowest BCUT2D eigenvalue weighted by atomic mass is 10.1. The van der Waals surface area contributed by atoms with E-state index in [-0.39, 0.29) is 22.1 Å². The Labute approximate surface area is 209 Å². The number of amides is 1. The minimum atomic E-state index is -3.96. The molecule has 0 saturated carbocycles. The van der Waals surface area contributed by atoms with Gasteiger partial charge in [0, 0.05) is 18.1 Å². The van der Waals surface area contributed by atoms with Crippen molar-refractivity contribution < 1.29 is 17.9 Å². The van der Waals surface area contributed by atoms with Crippen molar-refractivity contribution in [2.75, 3.05) is 17.8 Å². The lowest BCUT2D eigenvalue weighted by Gasteiger charge is -2.19. The molecule has 1 aliphatic rings. The summed E-state index contributed by atoms with van der Waals surface area (Å²) in [6.45, 7) is 3.40. The van der Waals surface area contributed by atoms with Gasteiger partial charge in [-0.25, -0.2) is 8.42 Å². The molecule has 1 amide bonds. The zero-order valence-corrected chi connectivity index (χ0v) is 20.8. The minimum absolute atomic E-state index is 0.0274. The number of ether oxygens (including phenoxy) is 1. The smallest absolute Gasteiger partial charge is 0.261 e. The SMILES string of the molecule is CC[C@H]1CCN(C(=O)c2cc(Cl)ccc2NS(=O)(=O)c2ccc(Oc3ccccc3Cl)cc2)C1. The van der Waals surface area contributed by atoms with Crippen LogP contribution in [0.4, 0.5) is 5.69 Å². The fraction of sp³-hybridized carbons (Fsp3) is 0.240. The van der Waals surface area contributed by atoms with Gasteiger partial charge in [-0.15, -0.1) is 0 Å². The Hall–Kier alpha value is -2.74. The lowest BCUT2D eigenvalue weighted by molar-refractivity contribution is 0.0788. The molecule has 0 spiro atoms. The van der Waals surface area contributed by atoms with Gasteiger partial charge in [0.1, 0.15) is 11.5 Å². The Bertz CT molecular complexity index is 1300. The van der Waals surface area contributed by atoms with E-state index < -0.39 is 10.0 Å². The number of hydrogen-bond acceptors (Lipinski definition) is 4. The Morgan fingerprint density at radius 3 is 2.50 bits per heavy atom. The fourth-order valence-electron chi connectivity index (χ4n) is 3.85. The molecule has 0 bridgehead atoms. The van der Waals surface area contributed by atoms with Crippen LogP contribution in [0.5, 0.6) is 11.5 Å². The van der Waals surface area contributed by atoms with Crippen LogP contribution in [-0.2, 0) is 10.0 Å². The third-order valence-electron chi connectivity index (χ3n) is 5.81. The highest BCUT2D eigenvalue weighted by molar-refractivity contribution is 7.92. The number of likely N-dealkylation sites (tertiary alicyclic amines) is 1. The van der Waals surface area contributed by atoms with Gasteiger partial charge >= 0.3 is 0 Å². The van der Waals surface area contributed by atoms with Crippen molar-refractivity contribution >= 4 is 44.8 Å². The summed E-state index contributed by atoms with van der Waals surface area (Å²) >= 11 is 12.2. The molecule has 1 N–H and O–H groups in total. The molecule has 3 aromatic carbocycles. The molecule has 9 heteroatoms. The largest absolute Gasteiger partial charge is 0.456 e. The van der Waals surface area contributed by atoms with Gasteiger partial charge in [0.25, 0.3) is 15.9 Å². The summed E-state index contributed by atoms with van der Waals surface area (Å²) in [5, 5.41) is 0.808. The topological polar surface area (TPSA) is 75.7 Å². The number of benzene rings is 3. The van der Waals surface area contributed by atoms with E-state index in [0.717, 1.165) is 12.8 Å². The van der Waals surface area contributed by atoms with Crippen LogP contribution in [-0.4, -0.2) is 32.3 Å². The molecule has 1 fully saturated rings. The number of nitrogens with one attached hydrogen (secondary N) is 1. The number of anilines is 1. The van der Waals surface area contributed by atoms with Crippen LogP contribution in [0.15, 0.2) is 71.6 Å². The van der Waals surface area contributed by atoms with Crippen LogP contribution >= 0.6 is 23.2 Å².